The molecule has 2 amide bonds. The maximum absolute atomic E-state index is 14.0. The van der Waals surface area contributed by atoms with Crippen LogP contribution in [0.4, 0.5) is 15.1 Å². The Labute approximate surface area is 171 Å². The van der Waals surface area contributed by atoms with Gasteiger partial charge >= 0.3 is 0 Å². The first-order valence-electron chi connectivity index (χ1n) is 9.22. The number of aryl methyl sites for hydroxylation is 1. The van der Waals surface area contributed by atoms with Crippen LogP contribution in [0, 0.1) is 5.82 Å². The lowest BCUT2D eigenvalue weighted by Gasteiger charge is -2.10. The van der Waals surface area contributed by atoms with Crippen molar-refractivity contribution in [2.75, 3.05) is 17.7 Å². The molecule has 0 fully saturated rings. The Kier molecular flexibility index (Phi) is 5.31. The van der Waals surface area contributed by atoms with Crippen LogP contribution in [0.5, 0.6) is 5.75 Å². The largest absolute Gasteiger partial charge is 0.497 e. The Balaban J connectivity index is 1.61. The molecule has 0 saturated carbocycles. The van der Waals surface area contributed by atoms with Gasteiger partial charge in [0, 0.05) is 10.6 Å². The van der Waals surface area contributed by atoms with E-state index in [0.717, 1.165) is 29.7 Å². The summed E-state index contributed by atoms with van der Waals surface area (Å²) in [5.41, 5.74) is 2.00. The SMILES string of the molecule is COc1ccc(NC(=O)c2c(NC(=O)c3ccccc3F)sc3c2CCC3)cc1. The summed E-state index contributed by atoms with van der Waals surface area (Å²) in [6, 6.07) is 12.8. The molecule has 4 rings (SSSR count). The zero-order chi connectivity index (χ0) is 20.4. The van der Waals surface area contributed by atoms with Gasteiger partial charge in [-0.1, -0.05) is 12.1 Å². The molecular weight excluding hydrogens is 391 g/mol. The molecule has 5 nitrogen and oxygen atoms in total. The lowest BCUT2D eigenvalue weighted by Crippen LogP contribution is -2.18. The molecule has 1 heterocycles. The van der Waals surface area contributed by atoms with Crippen LogP contribution >= 0.6 is 11.3 Å². The summed E-state index contributed by atoms with van der Waals surface area (Å²) in [5, 5.41) is 6.07. The molecule has 2 aromatic carbocycles. The number of halogens is 1. The van der Waals surface area contributed by atoms with Gasteiger partial charge in [0.1, 0.15) is 16.6 Å². The second-order valence-electron chi connectivity index (χ2n) is 6.68. The standard InChI is InChI=1S/C22H19FN2O3S/c1-28-14-11-9-13(10-12-14)24-21(27)19-16-6-4-8-18(16)29-22(19)25-20(26)15-5-2-3-7-17(15)23/h2-3,5,7,9-12H,4,6,8H2,1H3,(H,24,27)(H,25,26). The van der Waals surface area contributed by atoms with Crippen molar-refractivity contribution in [3.63, 3.8) is 0 Å². The van der Waals surface area contributed by atoms with Gasteiger partial charge in [-0.15, -0.1) is 11.3 Å². The number of ether oxygens (including phenoxy) is 1. The summed E-state index contributed by atoms with van der Waals surface area (Å²) in [7, 11) is 1.58. The zero-order valence-electron chi connectivity index (χ0n) is 15.8. The van der Waals surface area contributed by atoms with Crippen molar-refractivity contribution >= 4 is 33.8 Å². The molecule has 1 aromatic heterocycles. The molecule has 0 atom stereocenters. The van der Waals surface area contributed by atoms with Gasteiger partial charge in [0.2, 0.25) is 0 Å². The van der Waals surface area contributed by atoms with E-state index in [1.807, 2.05) is 0 Å². The van der Waals surface area contributed by atoms with Crippen LogP contribution in [0.25, 0.3) is 0 Å². The minimum Gasteiger partial charge on any atom is -0.497 e. The van der Waals surface area contributed by atoms with Crippen LogP contribution in [0.15, 0.2) is 48.5 Å². The van der Waals surface area contributed by atoms with Crippen molar-refractivity contribution in [1.29, 1.82) is 0 Å². The summed E-state index contributed by atoms with van der Waals surface area (Å²) < 4.78 is 19.1. The smallest absolute Gasteiger partial charge is 0.259 e. The summed E-state index contributed by atoms with van der Waals surface area (Å²) >= 11 is 1.39. The summed E-state index contributed by atoms with van der Waals surface area (Å²) in [6.07, 6.45) is 2.64. The monoisotopic (exact) mass is 410 g/mol. The molecule has 148 valence electrons. The van der Waals surface area contributed by atoms with E-state index < -0.39 is 11.7 Å². The topological polar surface area (TPSA) is 67.4 Å². The number of carbonyl (C=O) groups is 2. The van der Waals surface area contributed by atoms with Crippen molar-refractivity contribution in [3.8, 4) is 5.75 Å². The van der Waals surface area contributed by atoms with Crippen LogP contribution in [0.2, 0.25) is 0 Å². The average molecular weight is 410 g/mol. The molecule has 0 unspecified atom stereocenters. The Hall–Kier alpha value is -3.19. The van der Waals surface area contributed by atoms with Gasteiger partial charge in [0.15, 0.2) is 0 Å². The van der Waals surface area contributed by atoms with Crippen molar-refractivity contribution in [3.05, 3.63) is 75.9 Å². The minimum atomic E-state index is -0.599. The summed E-state index contributed by atoms with van der Waals surface area (Å²) in [4.78, 5) is 26.7. The number of thiophene rings is 1. The number of hydrogen-bond acceptors (Lipinski definition) is 4. The number of anilines is 2. The first kappa shape index (κ1) is 19.1. The van der Waals surface area contributed by atoms with E-state index in [4.69, 9.17) is 4.74 Å². The van der Waals surface area contributed by atoms with E-state index in [-0.39, 0.29) is 11.5 Å². The number of nitrogens with one attached hydrogen (secondary N) is 2. The van der Waals surface area contributed by atoms with Crippen molar-refractivity contribution < 1.29 is 18.7 Å². The van der Waals surface area contributed by atoms with Gasteiger partial charge in [0.05, 0.1) is 18.2 Å². The van der Waals surface area contributed by atoms with Crippen LogP contribution in [0.1, 0.15) is 37.6 Å². The van der Waals surface area contributed by atoms with Gasteiger partial charge < -0.3 is 15.4 Å². The molecule has 0 radical (unpaired) electrons. The fourth-order valence-electron chi connectivity index (χ4n) is 3.42. The quantitative estimate of drug-likeness (QED) is 0.629. The molecule has 29 heavy (non-hydrogen) atoms. The highest BCUT2D eigenvalue weighted by Gasteiger charge is 2.28. The Morgan fingerprint density at radius 3 is 2.48 bits per heavy atom. The normalized spacial score (nSPS) is 12.3. The summed E-state index contributed by atoms with van der Waals surface area (Å²) in [6.45, 7) is 0. The molecular formula is C22H19FN2O3S. The average Bonchev–Trinajstić information content (AvgIpc) is 3.29. The highest BCUT2D eigenvalue weighted by molar-refractivity contribution is 7.17. The fourth-order valence-corrected chi connectivity index (χ4v) is 4.70. The molecule has 3 aromatic rings. The van der Waals surface area contributed by atoms with E-state index in [2.05, 4.69) is 10.6 Å². The predicted octanol–water partition coefficient (Wildman–Crippen LogP) is 4.89. The van der Waals surface area contributed by atoms with Gasteiger partial charge in [-0.05, 0) is 61.2 Å². The molecule has 2 N–H and O–H groups in total. The number of hydrogen-bond donors (Lipinski definition) is 2. The number of benzene rings is 2. The van der Waals surface area contributed by atoms with Crippen LogP contribution in [-0.4, -0.2) is 18.9 Å². The van der Waals surface area contributed by atoms with Crippen LogP contribution < -0.4 is 15.4 Å². The summed E-state index contributed by atoms with van der Waals surface area (Å²) in [5.74, 6) is -0.768. The molecule has 7 heteroatoms. The number of rotatable bonds is 5. The number of methoxy groups -OCH3 is 1. The lowest BCUT2D eigenvalue weighted by molar-refractivity contribution is 0.102. The lowest BCUT2D eigenvalue weighted by atomic mass is 10.1. The minimum absolute atomic E-state index is 0.0532. The van der Waals surface area contributed by atoms with Crippen molar-refractivity contribution in [1.82, 2.24) is 0 Å². The highest BCUT2D eigenvalue weighted by Crippen LogP contribution is 2.39. The first-order valence-corrected chi connectivity index (χ1v) is 10.0. The van der Waals surface area contributed by atoms with Gasteiger partial charge in [-0.2, -0.15) is 0 Å². The van der Waals surface area contributed by atoms with Crippen molar-refractivity contribution in [2.24, 2.45) is 0 Å². The Morgan fingerprint density at radius 1 is 1.00 bits per heavy atom. The third-order valence-corrected chi connectivity index (χ3v) is 6.05. The van der Waals surface area contributed by atoms with E-state index in [0.29, 0.717) is 22.0 Å². The number of fused-ring (bicyclic) bond motifs is 1. The highest BCUT2D eigenvalue weighted by atomic mass is 32.1. The molecule has 1 aliphatic carbocycles. The second kappa shape index (κ2) is 8.05. The van der Waals surface area contributed by atoms with Gasteiger partial charge in [0.25, 0.3) is 11.8 Å². The third kappa shape index (κ3) is 3.86. The molecule has 0 bridgehead atoms. The Bertz CT molecular complexity index is 1080. The maximum atomic E-state index is 14.0. The van der Waals surface area contributed by atoms with E-state index >= 15 is 0 Å². The maximum Gasteiger partial charge on any atom is 0.259 e. The zero-order valence-corrected chi connectivity index (χ0v) is 16.6. The third-order valence-electron chi connectivity index (χ3n) is 4.84. The van der Waals surface area contributed by atoms with Crippen LogP contribution in [-0.2, 0) is 12.8 Å². The first-order chi connectivity index (χ1) is 14.1. The fraction of sp³-hybridized carbons (Fsp3) is 0.182. The number of amides is 2. The molecule has 0 spiro atoms. The predicted molar refractivity (Wildman–Crippen MR) is 112 cm³/mol. The van der Waals surface area contributed by atoms with E-state index in [1.165, 1.54) is 29.5 Å². The van der Waals surface area contributed by atoms with Gasteiger partial charge in [-0.3, -0.25) is 9.59 Å². The molecule has 0 aliphatic heterocycles. The van der Waals surface area contributed by atoms with Gasteiger partial charge in [-0.25, -0.2) is 4.39 Å². The second-order valence-corrected chi connectivity index (χ2v) is 7.78. The molecule has 1 aliphatic rings. The number of carbonyl (C=O) groups excluding carboxylic acids is 2. The molecule has 0 saturated heterocycles. The van der Waals surface area contributed by atoms with Crippen molar-refractivity contribution in [2.45, 2.75) is 19.3 Å². The van der Waals surface area contributed by atoms with Crippen LogP contribution in [0.3, 0.4) is 0 Å². The van der Waals surface area contributed by atoms with E-state index in [1.54, 1.807) is 37.4 Å². The Morgan fingerprint density at radius 2 is 1.76 bits per heavy atom. The van der Waals surface area contributed by atoms with E-state index in [9.17, 15) is 14.0 Å².